The first-order chi connectivity index (χ1) is 9.74. The minimum absolute atomic E-state index is 0.183. The van der Waals surface area contributed by atoms with E-state index in [1.807, 2.05) is 42.5 Å². The summed E-state index contributed by atoms with van der Waals surface area (Å²) in [6, 6.07) is 13.2. The zero-order valence-electron chi connectivity index (χ0n) is 11.3. The van der Waals surface area contributed by atoms with E-state index in [0.29, 0.717) is 25.9 Å². The van der Waals surface area contributed by atoms with E-state index in [0.717, 1.165) is 16.9 Å². The molecule has 1 aromatic heterocycles. The lowest BCUT2D eigenvalue weighted by Crippen LogP contribution is -2.09. The summed E-state index contributed by atoms with van der Waals surface area (Å²) >= 11 is 0. The summed E-state index contributed by atoms with van der Waals surface area (Å²) in [5.41, 5.74) is 8.35. The van der Waals surface area contributed by atoms with Crippen LogP contribution in [0.1, 0.15) is 17.7 Å². The number of nitrogens with two attached hydrogens (primary N) is 1. The molecule has 4 nitrogen and oxygen atoms in total. The van der Waals surface area contributed by atoms with E-state index in [1.165, 1.54) is 0 Å². The first-order valence-electron chi connectivity index (χ1n) is 6.64. The maximum Gasteiger partial charge on any atom is 0.306 e. The molecule has 0 unspecified atom stereocenters. The highest BCUT2D eigenvalue weighted by atomic mass is 16.5. The predicted octanol–water partition coefficient (Wildman–Crippen LogP) is 2.38. The Kier molecular flexibility index (Phi) is 5.12. The summed E-state index contributed by atoms with van der Waals surface area (Å²) in [4.78, 5) is 15.8. The van der Waals surface area contributed by atoms with Gasteiger partial charge in [-0.15, -0.1) is 0 Å². The number of anilines is 1. The van der Waals surface area contributed by atoms with Crippen molar-refractivity contribution in [3.05, 3.63) is 59.9 Å². The van der Waals surface area contributed by atoms with Crippen LogP contribution in [-0.4, -0.2) is 17.6 Å². The molecule has 1 aromatic carbocycles. The van der Waals surface area contributed by atoms with Crippen molar-refractivity contribution < 1.29 is 9.53 Å². The molecule has 0 radical (unpaired) electrons. The molecule has 0 aliphatic rings. The van der Waals surface area contributed by atoms with Crippen molar-refractivity contribution in [1.82, 2.24) is 4.98 Å². The minimum atomic E-state index is -0.183. The monoisotopic (exact) mass is 270 g/mol. The number of benzene rings is 1. The molecule has 0 atom stereocenters. The van der Waals surface area contributed by atoms with Gasteiger partial charge in [-0.25, -0.2) is 0 Å². The lowest BCUT2D eigenvalue weighted by atomic mass is 10.1. The second-order valence-corrected chi connectivity index (χ2v) is 4.53. The lowest BCUT2D eigenvalue weighted by molar-refractivity contribution is -0.143. The van der Waals surface area contributed by atoms with E-state index < -0.39 is 0 Å². The zero-order valence-corrected chi connectivity index (χ0v) is 11.3. The first kappa shape index (κ1) is 14.1. The lowest BCUT2D eigenvalue weighted by Gasteiger charge is -2.05. The zero-order chi connectivity index (χ0) is 14.2. The Balaban J connectivity index is 1.67. The number of nitrogens with zero attached hydrogens (tertiary/aromatic N) is 1. The molecule has 2 N–H and O–H groups in total. The summed E-state index contributed by atoms with van der Waals surface area (Å²) in [5.74, 6) is -0.183. The third-order valence-electron chi connectivity index (χ3n) is 2.94. The molecule has 2 aromatic rings. The first-order valence-corrected chi connectivity index (χ1v) is 6.64. The van der Waals surface area contributed by atoms with E-state index >= 15 is 0 Å². The molecule has 0 spiro atoms. The van der Waals surface area contributed by atoms with Crippen LogP contribution >= 0.6 is 0 Å². The van der Waals surface area contributed by atoms with Crippen LogP contribution in [-0.2, 0) is 22.4 Å². The molecular formula is C16H18N2O2. The molecule has 0 saturated heterocycles. The van der Waals surface area contributed by atoms with Gasteiger partial charge in [-0.3, -0.25) is 9.78 Å². The SMILES string of the molecule is Nc1ccc(CCC(=O)OCCc2ccccn2)cc1. The normalized spacial score (nSPS) is 10.2. The molecule has 0 saturated carbocycles. The predicted molar refractivity (Wildman–Crippen MR) is 78.1 cm³/mol. The van der Waals surface area contributed by atoms with Crippen LogP contribution < -0.4 is 5.73 Å². The van der Waals surface area contributed by atoms with Crippen molar-refractivity contribution in [3.63, 3.8) is 0 Å². The number of carbonyl (C=O) groups is 1. The van der Waals surface area contributed by atoms with Crippen LogP contribution in [0.3, 0.4) is 0 Å². The summed E-state index contributed by atoms with van der Waals surface area (Å²) in [7, 11) is 0. The van der Waals surface area contributed by atoms with E-state index in [2.05, 4.69) is 4.98 Å². The Hall–Kier alpha value is -2.36. The number of pyridine rings is 1. The topological polar surface area (TPSA) is 65.2 Å². The number of esters is 1. The highest BCUT2D eigenvalue weighted by Crippen LogP contribution is 2.08. The van der Waals surface area contributed by atoms with Gasteiger partial charge in [-0.1, -0.05) is 18.2 Å². The van der Waals surface area contributed by atoms with Gasteiger partial charge < -0.3 is 10.5 Å². The Morgan fingerprint density at radius 1 is 1.10 bits per heavy atom. The summed E-state index contributed by atoms with van der Waals surface area (Å²) < 4.78 is 5.19. The van der Waals surface area contributed by atoms with Gasteiger partial charge in [0.15, 0.2) is 0 Å². The molecule has 104 valence electrons. The minimum Gasteiger partial charge on any atom is -0.465 e. The van der Waals surface area contributed by atoms with Crippen molar-refractivity contribution in [1.29, 1.82) is 0 Å². The van der Waals surface area contributed by atoms with Gasteiger partial charge in [0.05, 0.1) is 6.61 Å². The Morgan fingerprint density at radius 3 is 2.60 bits per heavy atom. The van der Waals surface area contributed by atoms with Crippen molar-refractivity contribution in [3.8, 4) is 0 Å². The van der Waals surface area contributed by atoms with Crippen LogP contribution in [0.15, 0.2) is 48.7 Å². The van der Waals surface area contributed by atoms with Crippen LogP contribution in [0.25, 0.3) is 0 Å². The van der Waals surface area contributed by atoms with E-state index in [-0.39, 0.29) is 5.97 Å². The van der Waals surface area contributed by atoms with E-state index in [1.54, 1.807) is 6.20 Å². The van der Waals surface area contributed by atoms with Gasteiger partial charge in [-0.05, 0) is 36.2 Å². The number of ether oxygens (including phenoxy) is 1. The van der Waals surface area contributed by atoms with Gasteiger partial charge in [0.1, 0.15) is 0 Å². The summed E-state index contributed by atoms with van der Waals surface area (Å²) in [5, 5.41) is 0. The fraction of sp³-hybridized carbons (Fsp3) is 0.250. The molecule has 0 fully saturated rings. The maximum atomic E-state index is 11.6. The highest BCUT2D eigenvalue weighted by molar-refractivity contribution is 5.69. The molecule has 0 aliphatic heterocycles. The molecule has 0 amide bonds. The van der Waals surface area contributed by atoms with Crippen LogP contribution in [0, 0.1) is 0 Å². The second-order valence-electron chi connectivity index (χ2n) is 4.53. The molecule has 0 bridgehead atoms. The molecule has 0 aliphatic carbocycles. The van der Waals surface area contributed by atoms with Crippen molar-refractivity contribution in [2.45, 2.75) is 19.3 Å². The van der Waals surface area contributed by atoms with Crippen molar-refractivity contribution in [2.24, 2.45) is 0 Å². The van der Waals surface area contributed by atoms with Gasteiger partial charge >= 0.3 is 5.97 Å². The van der Waals surface area contributed by atoms with Gasteiger partial charge in [0.2, 0.25) is 0 Å². The van der Waals surface area contributed by atoms with Crippen molar-refractivity contribution >= 4 is 11.7 Å². The van der Waals surface area contributed by atoms with Gasteiger partial charge in [0.25, 0.3) is 0 Å². The molecule has 1 heterocycles. The number of aryl methyl sites for hydroxylation is 1. The Bertz CT molecular complexity index is 538. The molecule has 4 heteroatoms. The van der Waals surface area contributed by atoms with Crippen LogP contribution in [0.5, 0.6) is 0 Å². The highest BCUT2D eigenvalue weighted by Gasteiger charge is 2.04. The fourth-order valence-electron chi connectivity index (χ4n) is 1.82. The fourth-order valence-corrected chi connectivity index (χ4v) is 1.82. The number of nitrogen functional groups attached to an aromatic ring is 1. The molecule has 2 rings (SSSR count). The summed E-state index contributed by atoms with van der Waals surface area (Å²) in [6.45, 7) is 0.373. The smallest absolute Gasteiger partial charge is 0.306 e. The maximum absolute atomic E-state index is 11.6. The largest absolute Gasteiger partial charge is 0.465 e. The number of rotatable bonds is 6. The third-order valence-corrected chi connectivity index (χ3v) is 2.94. The standard InChI is InChI=1S/C16H18N2O2/c17-14-7-4-13(5-8-14)6-9-16(19)20-12-10-15-3-1-2-11-18-15/h1-5,7-8,11H,6,9-10,12,17H2. The Labute approximate surface area is 118 Å². The quantitative estimate of drug-likeness (QED) is 0.646. The van der Waals surface area contributed by atoms with Gasteiger partial charge in [0, 0.05) is 30.4 Å². The van der Waals surface area contributed by atoms with E-state index in [9.17, 15) is 4.79 Å². The third kappa shape index (κ3) is 4.72. The van der Waals surface area contributed by atoms with Crippen LogP contribution in [0.2, 0.25) is 0 Å². The number of hydrogen-bond acceptors (Lipinski definition) is 4. The second kappa shape index (κ2) is 7.28. The average molecular weight is 270 g/mol. The van der Waals surface area contributed by atoms with Crippen LogP contribution in [0.4, 0.5) is 5.69 Å². The molecule has 20 heavy (non-hydrogen) atoms. The number of aromatic nitrogens is 1. The molecular weight excluding hydrogens is 252 g/mol. The summed E-state index contributed by atoms with van der Waals surface area (Å²) in [6.07, 6.45) is 3.43. The number of carbonyl (C=O) groups excluding carboxylic acids is 1. The van der Waals surface area contributed by atoms with Gasteiger partial charge in [-0.2, -0.15) is 0 Å². The number of hydrogen-bond donors (Lipinski definition) is 1. The van der Waals surface area contributed by atoms with E-state index in [4.69, 9.17) is 10.5 Å². The Morgan fingerprint density at radius 2 is 1.90 bits per heavy atom. The average Bonchev–Trinajstić information content (AvgIpc) is 2.48. The van der Waals surface area contributed by atoms with Crippen molar-refractivity contribution in [2.75, 3.05) is 12.3 Å².